The van der Waals surface area contributed by atoms with Gasteiger partial charge in [0.1, 0.15) is 0 Å². The summed E-state index contributed by atoms with van der Waals surface area (Å²) < 4.78 is 5.60. The first-order valence-corrected chi connectivity index (χ1v) is 13.0. The van der Waals surface area contributed by atoms with Crippen molar-refractivity contribution in [2.24, 2.45) is 5.41 Å². The van der Waals surface area contributed by atoms with Crippen LogP contribution in [0, 0.1) is 5.41 Å². The molecule has 0 aromatic heterocycles. The Morgan fingerprint density at radius 2 is 1.59 bits per heavy atom. The van der Waals surface area contributed by atoms with Gasteiger partial charge in [-0.1, -0.05) is 33.6 Å². The summed E-state index contributed by atoms with van der Waals surface area (Å²) in [4.78, 5) is 7.89. The predicted molar refractivity (Wildman–Crippen MR) is 140 cm³/mol. The monoisotopic (exact) mass is 463 g/mol. The Labute approximate surface area is 203 Å². The molecule has 5 heteroatoms. The van der Waals surface area contributed by atoms with Crippen molar-refractivity contribution in [1.82, 2.24) is 4.90 Å². The SMILES string of the molecule is CCCCCN1CCN(c2ccc(N3CCOCC3)cc2C2CCC(C)(C)CC2)CC1.Cl. The minimum absolute atomic E-state index is 0. The number of ether oxygens (including phenoxy) is 1. The summed E-state index contributed by atoms with van der Waals surface area (Å²) >= 11 is 0. The Morgan fingerprint density at radius 3 is 2.25 bits per heavy atom. The van der Waals surface area contributed by atoms with Crippen LogP contribution in [0.5, 0.6) is 0 Å². The summed E-state index contributed by atoms with van der Waals surface area (Å²) in [5.74, 6) is 0.714. The van der Waals surface area contributed by atoms with Crippen LogP contribution in [0.1, 0.15) is 77.2 Å². The maximum absolute atomic E-state index is 5.60. The minimum Gasteiger partial charge on any atom is -0.378 e. The van der Waals surface area contributed by atoms with Crippen molar-refractivity contribution < 1.29 is 4.74 Å². The van der Waals surface area contributed by atoms with E-state index in [1.165, 1.54) is 89.0 Å². The van der Waals surface area contributed by atoms with Gasteiger partial charge in [-0.3, -0.25) is 4.90 Å². The highest BCUT2D eigenvalue weighted by atomic mass is 35.5. The van der Waals surface area contributed by atoms with Crippen molar-refractivity contribution in [3.8, 4) is 0 Å². The summed E-state index contributed by atoms with van der Waals surface area (Å²) in [7, 11) is 0. The summed E-state index contributed by atoms with van der Waals surface area (Å²) in [6.45, 7) is 17.0. The van der Waals surface area contributed by atoms with E-state index in [2.05, 4.69) is 53.7 Å². The number of unbranched alkanes of at least 4 members (excludes halogenated alkanes) is 2. The lowest BCUT2D eigenvalue weighted by atomic mass is 9.71. The van der Waals surface area contributed by atoms with Gasteiger partial charge in [0.25, 0.3) is 0 Å². The molecule has 1 aromatic carbocycles. The van der Waals surface area contributed by atoms with Crippen molar-refractivity contribution in [2.45, 2.75) is 71.6 Å². The molecule has 1 aromatic rings. The Balaban J connectivity index is 0.00000289. The van der Waals surface area contributed by atoms with Crippen LogP contribution in [0.15, 0.2) is 18.2 Å². The lowest BCUT2D eigenvalue weighted by Gasteiger charge is -2.40. The van der Waals surface area contributed by atoms with Crippen LogP contribution < -0.4 is 9.80 Å². The topological polar surface area (TPSA) is 19.0 Å². The van der Waals surface area contributed by atoms with Gasteiger partial charge in [0.15, 0.2) is 0 Å². The predicted octanol–water partition coefficient (Wildman–Crippen LogP) is 5.94. The molecule has 1 aliphatic carbocycles. The highest BCUT2D eigenvalue weighted by Gasteiger charge is 2.30. The molecule has 4 rings (SSSR count). The number of piperazine rings is 1. The third-order valence-corrected chi connectivity index (χ3v) is 7.96. The van der Waals surface area contributed by atoms with Gasteiger partial charge < -0.3 is 14.5 Å². The molecule has 0 spiro atoms. The third kappa shape index (κ3) is 6.55. The Kier molecular flexibility index (Phi) is 9.57. The van der Waals surface area contributed by atoms with E-state index >= 15 is 0 Å². The van der Waals surface area contributed by atoms with Crippen molar-refractivity contribution in [3.05, 3.63) is 23.8 Å². The lowest BCUT2D eigenvalue weighted by Crippen LogP contribution is -2.47. The molecule has 0 radical (unpaired) electrons. The number of anilines is 2. The Morgan fingerprint density at radius 1 is 0.906 bits per heavy atom. The highest BCUT2D eigenvalue weighted by Crippen LogP contribution is 2.45. The Hall–Kier alpha value is -0.970. The number of hydrogen-bond acceptors (Lipinski definition) is 4. The standard InChI is InChI=1S/C27H45N3O.ClH/c1-4-5-6-13-28-14-16-30(17-15-28)26-8-7-24(29-18-20-31-21-19-29)22-25(26)23-9-11-27(2,3)12-10-23;/h7-8,22-23H,4-6,9-21H2,1-3H3;1H. The number of rotatable bonds is 7. The Bertz CT molecular complexity index is 686. The fourth-order valence-corrected chi connectivity index (χ4v) is 5.68. The van der Waals surface area contributed by atoms with Crippen molar-refractivity contribution >= 4 is 23.8 Å². The number of benzene rings is 1. The molecule has 0 unspecified atom stereocenters. The number of nitrogens with zero attached hydrogens (tertiary/aromatic N) is 3. The van der Waals surface area contributed by atoms with Gasteiger partial charge in [0, 0.05) is 50.6 Å². The van der Waals surface area contributed by atoms with Crippen LogP contribution in [0.4, 0.5) is 11.4 Å². The van der Waals surface area contributed by atoms with Gasteiger partial charge in [-0.05, 0) is 73.7 Å². The van der Waals surface area contributed by atoms with Gasteiger partial charge in [0.05, 0.1) is 13.2 Å². The molecule has 1 saturated carbocycles. The van der Waals surface area contributed by atoms with Crippen LogP contribution in [0.3, 0.4) is 0 Å². The number of hydrogen-bond donors (Lipinski definition) is 0. The lowest BCUT2D eigenvalue weighted by molar-refractivity contribution is 0.122. The zero-order valence-electron chi connectivity index (χ0n) is 20.8. The maximum atomic E-state index is 5.60. The third-order valence-electron chi connectivity index (χ3n) is 7.96. The van der Waals surface area contributed by atoms with Crippen molar-refractivity contribution in [2.75, 3.05) is 68.8 Å². The normalized spacial score (nSPS) is 22.6. The van der Waals surface area contributed by atoms with E-state index in [-0.39, 0.29) is 12.4 Å². The summed E-state index contributed by atoms with van der Waals surface area (Å²) in [5, 5.41) is 0. The zero-order valence-corrected chi connectivity index (χ0v) is 21.6. The molecule has 32 heavy (non-hydrogen) atoms. The number of morpholine rings is 1. The van der Waals surface area contributed by atoms with Crippen LogP contribution in [0.2, 0.25) is 0 Å². The zero-order chi connectivity index (χ0) is 21.7. The fraction of sp³-hybridized carbons (Fsp3) is 0.778. The van der Waals surface area contributed by atoms with Gasteiger partial charge in [-0.25, -0.2) is 0 Å². The molecule has 0 amide bonds. The molecule has 2 saturated heterocycles. The first-order valence-electron chi connectivity index (χ1n) is 13.0. The van der Waals surface area contributed by atoms with Crippen LogP contribution in [-0.4, -0.2) is 63.9 Å². The average molecular weight is 464 g/mol. The second-order valence-corrected chi connectivity index (χ2v) is 10.8. The van der Waals surface area contributed by atoms with Gasteiger partial charge in [-0.15, -0.1) is 12.4 Å². The second-order valence-electron chi connectivity index (χ2n) is 10.8. The van der Waals surface area contributed by atoms with Gasteiger partial charge in [0.2, 0.25) is 0 Å². The molecule has 0 N–H and O–H groups in total. The molecule has 3 aliphatic rings. The quantitative estimate of drug-likeness (QED) is 0.465. The summed E-state index contributed by atoms with van der Waals surface area (Å²) in [6.07, 6.45) is 9.41. The molecule has 4 nitrogen and oxygen atoms in total. The number of halogens is 1. The molecule has 0 atom stereocenters. The molecule has 182 valence electrons. The maximum Gasteiger partial charge on any atom is 0.0642 e. The molecular formula is C27H46ClN3O. The van der Waals surface area contributed by atoms with Crippen LogP contribution in [0.25, 0.3) is 0 Å². The van der Waals surface area contributed by atoms with E-state index in [4.69, 9.17) is 4.74 Å². The van der Waals surface area contributed by atoms with Crippen molar-refractivity contribution in [1.29, 1.82) is 0 Å². The van der Waals surface area contributed by atoms with E-state index in [0.29, 0.717) is 11.3 Å². The van der Waals surface area contributed by atoms with Crippen LogP contribution in [-0.2, 0) is 4.74 Å². The van der Waals surface area contributed by atoms with E-state index in [1.807, 2.05) is 0 Å². The first-order chi connectivity index (χ1) is 15.1. The van der Waals surface area contributed by atoms with E-state index in [1.54, 1.807) is 5.56 Å². The smallest absolute Gasteiger partial charge is 0.0642 e. The highest BCUT2D eigenvalue weighted by molar-refractivity contribution is 5.85. The van der Waals surface area contributed by atoms with Gasteiger partial charge in [-0.2, -0.15) is 0 Å². The van der Waals surface area contributed by atoms with E-state index < -0.39 is 0 Å². The fourth-order valence-electron chi connectivity index (χ4n) is 5.68. The molecular weight excluding hydrogens is 418 g/mol. The van der Waals surface area contributed by atoms with E-state index in [0.717, 1.165) is 26.3 Å². The molecule has 0 bridgehead atoms. The minimum atomic E-state index is 0. The van der Waals surface area contributed by atoms with E-state index in [9.17, 15) is 0 Å². The molecule has 3 fully saturated rings. The largest absolute Gasteiger partial charge is 0.378 e. The molecule has 2 aliphatic heterocycles. The first kappa shape index (κ1) is 25.6. The summed E-state index contributed by atoms with van der Waals surface area (Å²) in [5.41, 5.74) is 5.07. The second kappa shape index (κ2) is 11.9. The average Bonchev–Trinajstić information content (AvgIpc) is 2.80. The van der Waals surface area contributed by atoms with Crippen LogP contribution >= 0.6 is 12.4 Å². The molecule has 2 heterocycles. The van der Waals surface area contributed by atoms with Crippen molar-refractivity contribution in [3.63, 3.8) is 0 Å². The summed E-state index contributed by atoms with van der Waals surface area (Å²) in [6, 6.07) is 7.38. The van der Waals surface area contributed by atoms with Gasteiger partial charge >= 0.3 is 0 Å².